The summed E-state index contributed by atoms with van der Waals surface area (Å²) >= 11 is 0. The Kier molecular flexibility index (Phi) is 2.79. The number of nitrogens with zero attached hydrogens (tertiary/aromatic N) is 1. The van der Waals surface area contributed by atoms with E-state index in [0.717, 1.165) is 19.4 Å². The van der Waals surface area contributed by atoms with Crippen molar-refractivity contribution in [3.8, 4) is 0 Å². The number of hydrogen-bond acceptors (Lipinski definition) is 2. The molecule has 3 N–H and O–H groups in total. The molecule has 0 aromatic heterocycles. The van der Waals surface area contributed by atoms with Crippen molar-refractivity contribution in [2.75, 3.05) is 6.54 Å². The predicted molar refractivity (Wildman–Crippen MR) is 58.0 cm³/mol. The van der Waals surface area contributed by atoms with E-state index in [2.05, 4.69) is 34.7 Å². The lowest BCUT2D eigenvalue weighted by Crippen LogP contribution is -2.20. The quantitative estimate of drug-likeness (QED) is 0.321. The zero-order valence-electron chi connectivity index (χ0n) is 8.11. The summed E-state index contributed by atoms with van der Waals surface area (Å²) in [6.45, 7) is 0.860. The van der Waals surface area contributed by atoms with Gasteiger partial charge in [-0.15, -0.1) is 0 Å². The maximum Gasteiger partial charge on any atom is 0.0964 e. The molecule has 0 atom stereocenters. The number of benzene rings is 1. The molecule has 1 aromatic carbocycles. The molecule has 14 heavy (non-hydrogen) atoms. The van der Waals surface area contributed by atoms with Crippen LogP contribution in [0.25, 0.3) is 0 Å². The number of aliphatic imine (C=N–C) groups is 1. The summed E-state index contributed by atoms with van der Waals surface area (Å²) in [5, 5.41) is 0. The van der Waals surface area contributed by atoms with E-state index in [1.165, 1.54) is 11.1 Å². The molecule has 0 saturated heterocycles. The van der Waals surface area contributed by atoms with Gasteiger partial charge < -0.3 is 5.43 Å². The van der Waals surface area contributed by atoms with Gasteiger partial charge in [-0.05, 0) is 29.9 Å². The van der Waals surface area contributed by atoms with E-state index < -0.39 is 0 Å². The fourth-order valence-corrected chi connectivity index (χ4v) is 2.03. The number of nitrogens with two attached hydrogens (primary N) is 1. The zero-order chi connectivity index (χ0) is 9.80. The minimum Gasteiger partial charge on any atom is -0.315 e. The molecule has 1 aliphatic carbocycles. The highest BCUT2D eigenvalue weighted by Crippen LogP contribution is 2.26. The average molecular weight is 189 g/mol. The van der Waals surface area contributed by atoms with E-state index in [1.54, 1.807) is 6.34 Å². The summed E-state index contributed by atoms with van der Waals surface area (Å²) < 4.78 is 0. The van der Waals surface area contributed by atoms with Gasteiger partial charge in [-0.25, -0.2) is 5.84 Å². The van der Waals surface area contributed by atoms with Crippen LogP contribution in [-0.4, -0.2) is 12.9 Å². The number of nitrogens with one attached hydrogen (secondary N) is 1. The number of hydrazine groups is 1. The lowest BCUT2D eigenvalue weighted by atomic mass is 10.1. The lowest BCUT2D eigenvalue weighted by molar-refractivity contribution is 0.576. The second-order valence-electron chi connectivity index (χ2n) is 3.70. The largest absolute Gasteiger partial charge is 0.315 e. The second-order valence-corrected chi connectivity index (χ2v) is 3.70. The van der Waals surface area contributed by atoms with E-state index >= 15 is 0 Å². The Bertz CT molecular complexity index is 308. The molecule has 0 heterocycles. The van der Waals surface area contributed by atoms with E-state index in [-0.39, 0.29) is 0 Å². The van der Waals surface area contributed by atoms with Gasteiger partial charge in [0.25, 0.3) is 0 Å². The number of fused-ring (bicyclic) bond motifs is 1. The van der Waals surface area contributed by atoms with Crippen LogP contribution in [0.1, 0.15) is 11.1 Å². The van der Waals surface area contributed by atoms with Gasteiger partial charge in [-0.2, -0.15) is 0 Å². The van der Waals surface area contributed by atoms with Gasteiger partial charge in [0, 0.05) is 6.54 Å². The fraction of sp³-hybridized carbons (Fsp3) is 0.364. The maximum atomic E-state index is 5.10. The highest BCUT2D eigenvalue weighted by molar-refractivity contribution is 5.53. The van der Waals surface area contributed by atoms with Crippen molar-refractivity contribution in [1.82, 2.24) is 5.43 Å². The van der Waals surface area contributed by atoms with Crippen LogP contribution >= 0.6 is 0 Å². The third-order valence-electron chi connectivity index (χ3n) is 2.66. The Morgan fingerprint density at radius 3 is 2.57 bits per heavy atom. The van der Waals surface area contributed by atoms with Crippen LogP contribution < -0.4 is 11.3 Å². The first-order chi connectivity index (χ1) is 6.90. The molecule has 0 aliphatic heterocycles. The first kappa shape index (κ1) is 9.21. The Morgan fingerprint density at radius 2 is 2.00 bits per heavy atom. The summed E-state index contributed by atoms with van der Waals surface area (Å²) in [6, 6.07) is 8.62. The third kappa shape index (κ3) is 1.93. The Balaban J connectivity index is 1.95. The summed E-state index contributed by atoms with van der Waals surface area (Å²) in [7, 11) is 0. The molecule has 2 rings (SSSR count). The zero-order valence-corrected chi connectivity index (χ0v) is 8.11. The predicted octanol–water partition coefficient (Wildman–Crippen LogP) is 0.893. The maximum absolute atomic E-state index is 5.10. The average Bonchev–Trinajstić information content (AvgIpc) is 2.60. The summed E-state index contributed by atoms with van der Waals surface area (Å²) in [4.78, 5) is 4.19. The van der Waals surface area contributed by atoms with Crippen molar-refractivity contribution < 1.29 is 0 Å². The molecule has 0 amide bonds. The summed E-state index contributed by atoms with van der Waals surface area (Å²) in [5.74, 6) is 5.75. The van der Waals surface area contributed by atoms with Crippen LogP contribution in [0.3, 0.4) is 0 Å². The third-order valence-corrected chi connectivity index (χ3v) is 2.66. The Morgan fingerprint density at radius 1 is 1.36 bits per heavy atom. The molecule has 3 heteroatoms. The van der Waals surface area contributed by atoms with Crippen molar-refractivity contribution in [2.24, 2.45) is 16.8 Å². The number of hydrogen-bond donors (Lipinski definition) is 2. The molecule has 0 saturated carbocycles. The molecule has 3 nitrogen and oxygen atoms in total. The second kappa shape index (κ2) is 4.24. The summed E-state index contributed by atoms with van der Waals surface area (Å²) in [6.07, 6.45) is 3.86. The van der Waals surface area contributed by atoms with Crippen LogP contribution in [0.2, 0.25) is 0 Å². The molecule has 0 spiro atoms. The Labute approximate surface area is 84.0 Å². The minimum absolute atomic E-state index is 0.650. The molecule has 0 unspecified atom stereocenters. The van der Waals surface area contributed by atoms with Gasteiger partial charge in [-0.1, -0.05) is 24.3 Å². The standard InChI is InChI=1S/C11H15N3/c12-14-8-13-7-9-5-10-3-1-2-4-11(10)6-9/h1-4,8-9H,5-7,12H2,(H,13,14). The van der Waals surface area contributed by atoms with E-state index in [9.17, 15) is 0 Å². The van der Waals surface area contributed by atoms with E-state index in [4.69, 9.17) is 5.84 Å². The van der Waals surface area contributed by atoms with Crippen LogP contribution in [0, 0.1) is 5.92 Å². The fourth-order valence-electron chi connectivity index (χ4n) is 2.03. The normalized spacial score (nSPS) is 16.1. The molecule has 0 bridgehead atoms. The molecule has 0 radical (unpaired) electrons. The van der Waals surface area contributed by atoms with Gasteiger partial charge in [0.15, 0.2) is 0 Å². The minimum atomic E-state index is 0.650. The lowest BCUT2D eigenvalue weighted by Gasteiger charge is -2.02. The summed E-state index contributed by atoms with van der Waals surface area (Å²) in [5.41, 5.74) is 5.38. The van der Waals surface area contributed by atoms with Gasteiger partial charge >= 0.3 is 0 Å². The first-order valence-electron chi connectivity index (χ1n) is 4.91. The molecular weight excluding hydrogens is 174 g/mol. The van der Waals surface area contributed by atoms with Crippen molar-refractivity contribution >= 4 is 6.34 Å². The highest BCUT2D eigenvalue weighted by Gasteiger charge is 2.19. The van der Waals surface area contributed by atoms with E-state index in [0.29, 0.717) is 5.92 Å². The Hall–Kier alpha value is -1.35. The highest BCUT2D eigenvalue weighted by atomic mass is 15.2. The smallest absolute Gasteiger partial charge is 0.0964 e. The first-order valence-corrected chi connectivity index (χ1v) is 4.91. The van der Waals surface area contributed by atoms with Gasteiger partial charge in [0.05, 0.1) is 6.34 Å². The van der Waals surface area contributed by atoms with Gasteiger partial charge in [0.2, 0.25) is 0 Å². The molecular formula is C11H15N3. The van der Waals surface area contributed by atoms with Crippen molar-refractivity contribution in [2.45, 2.75) is 12.8 Å². The molecule has 1 aromatic rings. The van der Waals surface area contributed by atoms with Crippen molar-refractivity contribution in [3.05, 3.63) is 35.4 Å². The molecule has 1 aliphatic rings. The van der Waals surface area contributed by atoms with Gasteiger partial charge in [-0.3, -0.25) is 4.99 Å². The van der Waals surface area contributed by atoms with Crippen LogP contribution in [-0.2, 0) is 12.8 Å². The SMILES string of the molecule is NNC=NCC1Cc2ccccc2C1. The monoisotopic (exact) mass is 189 g/mol. The van der Waals surface area contributed by atoms with E-state index in [1.807, 2.05) is 0 Å². The molecule has 0 fully saturated rings. The topological polar surface area (TPSA) is 50.4 Å². The van der Waals surface area contributed by atoms with Crippen LogP contribution in [0.5, 0.6) is 0 Å². The van der Waals surface area contributed by atoms with Crippen molar-refractivity contribution in [1.29, 1.82) is 0 Å². The van der Waals surface area contributed by atoms with Crippen LogP contribution in [0.15, 0.2) is 29.3 Å². The number of rotatable bonds is 3. The van der Waals surface area contributed by atoms with Crippen molar-refractivity contribution in [3.63, 3.8) is 0 Å². The van der Waals surface area contributed by atoms with Gasteiger partial charge in [0.1, 0.15) is 0 Å². The molecule has 74 valence electrons. The van der Waals surface area contributed by atoms with Crippen LogP contribution in [0.4, 0.5) is 0 Å².